The molecule has 0 N–H and O–H groups in total. The fraction of sp³-hybridized carbons (Fsp3) is 0.727. The molecule has 124 valence electrons. The summed E-state index contributed by atoms with van der Waals surface area (Å²) in [6.07, 6.45) is 0. The minimum atomic E-state index is -1.74. The fourth-order valence-corrected chi connectivity index (χ4v) is 15.2. The van der Waals surface area contributed by atoms with E-state index < -0.39 is 34.2 Å². The summed E-state index contributed by atoms with van der Waals surface area (Å²) in [6.45, 7) is 16.7. The van der Waals surface area contributed by atoms with Crippen molar-refractivity contribution in [2.24, 2.45) is 0 Å². The van der Waals surface area contributed by atoms with Crippen LogP contribution in [0.25, 0.3) is 0 Å². The van der Waals surface area contributed by atoms with Crippen LogP contribution in [0.2, 0.25) is 39.3 Å². The van der Waals surface area contributed by atoms with Crippen LogP contribution in [0.15, 0.2) is 11.8 Å². The van der Waals surface area contributed by atoms with Gasteiger partial charge in [0.2, 0.25) is 8.56 Å². The molecule has 0 saturated carbocycles. The highest BCUT2D eigenvalue weighted by molar-refractivity contribution is 7.15. The molecule has 0 aliphatic carbocycles. The molecular weight excluding hydrogens is 353 g/mol. The Morgan fingerprint density at radius 1 is 1.14 bits per heavy atom. The number of hydrogen-bond acceptors (Lipinski definition) is 5. The van der Waals surface area contributed by atoms with E-state index in [1.165, 1.54) is 7.11 Å². The minimum Gasteiger partial charge on any atom is -0.466 e. The molecule has 1 atom stereocenters. The first-order valence-electron chi connectivity index (χ1n) is 7.04. The van der Waals surface area contributed by atoms with Crippen molar-refractivity contribution in [3.05, 3.63) is 11.8 Å². The van der Waals surface area contributed by atoms with Crippen LogP contribution in [0.5, 0.6) is 0 Å². The number of rotatable bonds is 9. The highest BCUT2D eigenvalue weighted by Crippen LogP contribution is 2.17. The predicted octanol–water partition coefficient (Wildman–Crippen LogP) is -0.0723. The first kappa shape index (κ1) is 21.2. The molecule has 5 nitrogen and oxygen atoms in total. The third kappa shape index (κ3) is 9.73. The summed E-state index contributed by atoms with van der Waals surface area (Å²) in [7, 11) is -4.12. The summed E-state index contributed by atoms with van der Waals surface area (Å²) in [5.74, 6) is -0.577. The standard InChI is InChI=1S/C11H30O5Si5/c1-9(10(12)13-2)18-19(16-17)11(14-20(3,4)5)15-21(6,7)8/h11,19H,1,18H2,2-8,17H3. The lowest BCUT2D eigenvalue weighted by Gasteiger charge is -2.35. The molecule has 0 heterocycles. The van der Waals surface area contributed by atoms with Gasteiger partial charge in [-0.3, -0.25) is 0 Å². The SMILES string of the molecule is C=C([SiH2][SiH](O[SiH3])C(O[Si](C)(C)C)O[Si](C)(C)C)C(=O)OC. The molecule has 0 spiro atoms. The van der Waals surface area contributed by atoms with Gasteiger partial charge in [-0.15, -0.1) is 0 Å². The Kier molecular flexibility index (Phi) is 8.79. The first-order valence-corrected chi connectivity index (χ1v) is 19.8. The third-order valence-electron chi connectivity index (χ3n) is 2.47. The molecule has 0 amide bonds. The van der Waals surface area contributed by atoms with E-state index in [-0.39, 0.29) is 11.9 Å². The van der Waals surface area contributed by atoms with E-state index in [1.807, 2.05) is 0 Å². The van der Waals surface area contributed by atoms with Crippen molar-refractivity contribution in [3.63, 3.8) is 0 Å². The number of carbonyl (C=O) groups is 1. The quantitative estimate of drug-likeness (QED) is 0.242. The van der Waals surface area contributed by atoms with Gasteiger partial charge >= 0.3 is 5.97 Å². The van der Waals surface area contributed by atoms with Crippen molar-refractivity contribution in [2.45, 2.75) is 45.2 Å². The second-order valence-electron chi connectivity index (χ2n) is 6.90. The summed E-state index contributed by atoms with van der Waals surface area (Å²) in [5, 5.41) is 0.577. The minimum absolute atomic E-state index is 0.256. The van der Waals surface area contributed by atoms with Crippen LogP contribution in [0, 0.1) is 0 Å². The Bertz CT molecular complexity index is 347. The van der Waals surface area contributed by atoms with E-state index in [9.17, 15) is 4.79 Å². The summed E-state index contributed by atoms with van der Waals surface area (Å²) >= 11 is 0. The van der Waals surface area contributed by atoms with Crippen molar-refractivity contribution >= 4 is 50.7 Å². The molecule has 0 rings (SSSR count). The van der Waals surface area contributed by atoms with E-state index in [0.717, 1.165) is 0 Å². The van der Waals surface area contributed by atoms with Gasteiger partial charge in [-0.05, 0) is 39.3 Å². The van der Waals surface area contributed by atoms with Gasteiger partial charge in [0.25, 0.3) is 0 Å². The van der Waals surface area contributed by atoms with Crippen molar-refractivity contribution in [2.75, 3.05) is 7.11 Å². The molecular formula is C11H30O5Si5. The predicted molar refractivity (Wildman–Crippen MR) is 101 cm³/mol. The monoisotopic (exact) mass is 382 g/mol. The lowest BCUT2D eigenvalue weighted by Crippen LogP contribution is -2.52. The van der Waals surface area contributed by atoms with Crippen LogP contribution in [-0.4, -0.2) is 63.7 Å². The van der Waals surface area contributed by atoms with Crippen LogP contribution < -0.4 is 0 Å². The van der Waals surface area contributed by atoms with Gasteiger partial charge in [-0.1, -0.05) is 6.58 Å². The van der Waals surface area contributed by atoms with Gasteiger partial charge in [0.05, 0.1) is 16.1 Å². The second-order valence-corrected chi connectivity index (χ2v) is 24.2. The maximum Gasteiger partial charge on any atom is 0.328 e. The molecule has 0 fully saturated rings. The molecule has 21 heavy (non-hydrogen) atoms. The summed E-state index contributed by atoms with van der Waals surface area (Å²) < 4.78 is 23.0. The van der Waals surface area contributed by atoms with Gasteiger partial charge in [0, 0.05) is 5.20 Å². The fourth-order valence-electron chi connectivity index (χ4n) is 1.63. The number of ether oxygens (including phenoxy) is 1. The van der Waals surface area contributed by atoms with E-state index >= 15 is 0 Å². The zero-order chi connectivity index (χ0) is 16.8. The molecule has 10 heteroatoms. The largest absolute Gasteiger partial charge is 0.466 e. The molecule has 0 bridgehead atoms. The van der Waals surface area contributed by atoms with Crippen molar-refractivity contribution in [1.82, 2.24) is 0 Å². The third-order valence-corrected chi connectivity index (χ3v) is 16.2. The van der Waals surface area contributed by atoms with Crippen LogP contribution in [-0.2, 0) is 22.5 Å². The van der Waals surface area contributed by atoms with E-state index in [0.29, 0.717) is 15.7 Å². The molecule has 0 aliphatic rings. The Hall–Kier alpha value is 0.174. The van der Waals surface area contributed by atoms with E-state index in [2.05, 4.69) is 45.9 Å². The number of methoxy groups -OCH3 is 1. The lowest BCUT2D eigenvalue weighted by atomic mass is 10.6. The highest BCUT2D eigenvalue weighted by atomic mass is 29.2. The Morgan fingerprint density at radius 2 is 1.57 bits per heavy atom. The zero-order valence-corrected chi connectivity index (χ0v) is 21.2. The normalized spacial score (nSPS) is 14.9. The Morgan fingerprint density at radius 3 is 1.86 bits per heavy atom. The molecule has 0 aliphatic heterocycles. The highest BCUT2D eigenvalue weighted by Gasteiger charge is 2.35. The molecule has 0 saturated heterocycles. The van der Waals surface area contributed by atoms with Crippen LogP contribution in [0.3, 0.4) is 0 Å². The van der Waals surface area contributed by atoms with E-state index in [1.54, 1.807) is 0 Å². The van der Waals surface area contributed by atoms with Crippen LogP contribution in [0.4, 0.5) is 0 Å². The number of hydrogen-bond donors (Lipinski definition) is 0. The van der Waals surface area contributed by atoms with Crippen molar-refractivity contribution in [3.8, 4) is 0 Å². The maximum absolute atomic E-state index is 11.6. The summed E-state index contributed by atoms with van der Waals surface area (Å²) in [4.78, 5) is 11.6. The van der Waals surface area contributed by atoms with Gasteiger partial charge < -0.3 is 17.7 Å². The lowest BCUT2D eigenvalue weighted by molar-refractivity contribution is -0.135. The maximum atomic E-state index is 11.6. The van der Waals surface area contributed by atoms with E-state index in [4.69, 9.17) is 17.7 Å². The average Bonchev–Trinajstić information content (AvgIpc) is 2.30. The topological polar surface area (TPSA) is 54.0 Å². The molecule has 0 aromatic rings. The van der Waals surface area contributed by atoms with Crippen LogP contribution in [0.1, 0.15) is 0 Å². The second kappa shape index (κ2) is 8.71. The van der Waals surface area contributed by atoms with Gasteiger partial charge in [0.1, 0.15) is 16.4 Å². The summed E-state index contributed by atoms with van der Waals surface area (Å²) in [5.41, 5.74) is 0. The molecule has 0 radical (unpaired) electrons. The molecule has 0 aromatic heterocycles. The zero-order valence-electron chi connectivity index (χ0n) is 14.6. The Balaban J connectivity index is 5.06. The average molecular weight is 383 g/mol. The van der Waals surface area contributed by atoms with Gasteiger partial charge in [-0.25, -0.2) is 4.79 Å². The van der Waals surface area contributed by atoms with Crippen molar-refractivity contribution < 1.29 is 22.5 Å². The van der Waals surface area contributed by atoms with Crippen LogP contribution >= 0.6 is 0 Å². The smallest absolute Gasteiger partial charge is 0.328 e. The number of carbonyl (C=O) groups excluding carboxylic acids is 1. The first-order chi connectivity index (χ1) is 9.39. The van der Waals surface area contributed by atoms with Crippen molar-refractivity contribution in [1.29, 1.82) is 0 Å². The number of esters is 1. The van der Waals surface area contributed by atoms with Gasteiger partial charge in [-0.2, -0.15) is 0 Å². The summed E-state index contributed by atoms with van der Waals surface area (Å²) in [6, 6.07) is 0. The van der Waals surface area contributed by atoms with Gasteiger partial charge in [0.15, 0.2) is 16.6 Å². The molecule has 0 aromatic carbocycles. The molecule has 1 unspecified atom stereocenters. The Labute approximate surface area is 137 Å².